The summed E-state index contributed by atoms with van der Waals surface area (Å²) in [6.45, 7) is 0. The van der Waals surface area contributed by atoms with Crippen molar-refractivity contribution < 1.29 is 14.6 Å². The number of aromatic hydroxyl groups is 1. The van der Waals surface area contributed by atoms with Crippen molar-refractivity contribution >= 4 is 33.8 Å². The Morgan fingerprint density at radius 3 is 2.77 bits per heavy atom. The van der Waals surface area contributed by atoms with Crippen molar-refractivity contribution in [2.75, 3.05) is 7.11 Å². The molecule has 0 heterocycles. The monoisotopic (exact) mass is 264 g/mol. The second-order valence-corrected chi connectivity index (χ2v) is 3.43. The molecule has 0 aliphatic heterocycles. The van der Waals surface area contributed by atoms with E-state index >= 15 is 0 Å². The van der Waals surface area contributed by atoms with E-state index in [2.05, 4.69) is 15.9 Å². The normalized spacial score (nSPS) is 9.77. The maximum atomic E-state index is 10.5. The number of benzene rings is 1. The first-order chi connectivity index (χ1) is 6.11. The highest BCUT2D eigenvalue weighted by atomic mass is 79.9. The van der Waals surface area contributed by atoms with Crippen LogP contribution in [0.25, 0.3) is 0 Å². The van der Waals surface area contributed by atoms with Gasteiger partial charge in [-0.05, 0) is 22.0 Å². The van der Waals surface area contributed by atoms with Gasteiger partial charge < -0.3 is 9.84 Å². The van der Waals surface area contributed by atoms with Crippen molar-refractivity contribution in [1.29, 1.82) is 0 Å². The van der Waals surface area contributed by atoms with Gasteiger partial charge in [0.05, 0.1) is 11.6 Å². The van der Waals surface area contributed by atoms with E-state index < -0.39 is 0 Å². The largest absolute Gasteiger partial charge is 0.503 e. The summed E-state index contributed by atoms with van der Waals surface area (Å²) in [6.07, 6.45) is 0.623. The van der Waals surface area contributed by atoms with Gasteiger partial charge in [-0.25, -0.2) is 0 Å². The lowest BCUT2D eigenvalue weighted by molar-refractivity contribution is 0.112. The van der Waals surface area contributed by atoms with Crippen molar-refractivity contribution in [3.8, 4) is 11.5 Å². The topological polar surface area (TPSA) is 46.5 Å². The maximum Gasteiger partial charge on any atom is 0.177 e. The highest BCUT2D eigenvalue weighted by Gasteiger charge is 2.14. The van der Waals surface area contributed by atoms with E-state index in [1.165, 1.54) is 13.2 Å². The lowest BCUT2D eigenvalue weighted by Gasteiger charge is -2.07. The molecule has 13 heavy (non-hydrogen) atoms. The Hall–Kier alpha value is -0.740. The lowest BCUT2D eigenvalue weighted by atomic mass is 10.2. The minimum Gasteiger partial charge on any atom is -0.503 e. The third kappa shape index (κ3) is 1.78. The van der Waals surface area contributed by atoms with Gasteiger partial charge in [-0.1, -0.05) is 11.6 Å². The number of rotatable bonds is 2. The van der Waals surface area contributed by atoms with Crippen molar-refractivity contribution in [2.45, 2.75) is 0 Å². The van der Waals surface area contributed by atoms with Gasteiger partial charge in [-0.2, -0.15) is 0 Å². The van der Waals surface area contributed by atoms with Crippen LogP contribution in [0, 0.1) is 0 Å². The van der Waals surface area contributed by atoms with Crippen LogP contribution in [0.2, 0.25) is 5.02 Å². The van der Waals surface area contributed by atoms with Crippen molar-refractivity contribution in [3.63, 3.8) is 0 Å². The fourth-order valence-corrected chi connectivity index (χ4v) is 1.45. The van der Waals surface area contributed by atoms with Crippen molar-refractivity contribution in [2.24, 2.45) is 0 Å². The molecular formula is C8H6BrClO3. The smallest absolute Gasteiger partial charge is 0.177 e. The molecule has 5 heteroatoms. The summed E-state index contributed by atoms with van der Waals surface area (Å²) in [5, 5.41) is 9.47. The average Bonchev–Trinajstić information content (AvgIpc) is 2.15. The number of halogens is 2. The predicted octanol–water partition coefficient (Wildman–Crippen LogP) is 2.63. The third-order valence-corrected chi connectivity index (χ3v) is 2.97. The Kier molecular flexibility index (Phi) is 3.17. The molecule has 0 aliphatic carbocycles. The van der Waals surface area contributed by atoms with Gasteiger partial charge in [0, 0.05) is 5.56 Å². The fraction of sp³-hybridized carbons (Fsp3) is 0.125. The summed E-state index contributed by atoms with van der Waals surface area (Å²) in [4.78, 5) is 10.5. The number of carbonyl (C=O) groups excluding carboxylic acids is 1. The molecule has 1 aromatic rings. The van der Waals surface area contributed by atoms with E-state index in [1.54, 1.807) is 0 Å². The van der Waals surface area contributed by atoms with Gasteiger partial charge in [-0.3, -0.25) is 4.79 Å². The van der Waals surface area contributed by atoms with Crippen LogP contribution >= 0.6 is 27.5 Å². The van der Waals surface area contributed by atoms with Crippen LogP contribution in [-0.2, 0) is 0 Å². The first-order valence-electron chi connectivity index (χ1n) is 3.32. The zero-order valence-corrected chi connectivity index (χ0v) is 9.02. The first kappa shape index (κ1) is 10.3. The van der Waals surface area contributed by atoms with Crippen LogP contribution in [0.5, 0.6) is 11.5 Å². The minimum atomic E-state index is -0.179. The number of hydrogen-bond donors (Lipinski definition) is 1. The zero-order valence-electron chi connectivity index (χ0n) is 6.67. The number of phenols is 1. The second-order valence-electron chi connectivity index (χ2n) is 2.26. The number of hydrogen-bond acceptors (Lipinski definition) is 3. The van der Waals surface area contributed by atoms with Crippen LogP contribution in [0.4, 0.5) is 0 Å². The van der Waals surface area contributed by atoms with Gasteiger partial charge >= 0.3 is 0 Å². The molecule has 3 nitrogen and oxygen atoms in total. The number of phenolic OH excluding ortho intramolecular Hbond substituents is 1. The fourth-order valence-electron chi connectivity index (χ4n) is 0.853. The van der Waals surface area contributed by atoms with Crippen molar-refractivity contribution in [3.05, 3.63) is 21.1 Å². The Balaban J connectivity index is 3.45. The zero-order chi connectivity index (χ0) is 10.0. The van der Waals surface area contributed by atoms with E-state index in [9.17, 15) is 9.90 Å². The molecule has 0 spiro atoms. The van der Waals surface area contributed by atoms with Crippen molar-refractivity contribution in [1.82, 2.24) is 0 Å². The lowest BCUT2D eigenvalue weighted by Crippen LogP contribution is -1.90. The van der Waals surface area contributed by atoms with E-state index in [4.69, 9.17) is 16.3 Å². The SMILES string of the molecule is COc1cc(C=O)c(Br)c(Cl)c1O. The molecule has 70 valence electrons. The quantitative estimate of drug-likeness (QED) is 0.836. The van der Waals surface area contributed by atoms with Crippen LogP contribution in [0.15, 0.2) is 10.5 Å². The van der Waals surface area contributed by atoms with Crippen LogP contribution in [0.3, 0.4) is 0 Å². The average molecular weight is 265 g/mol. The molecule has 0 amide bonds. The molecule has 0 unspecified atom stereocenters. The molecule has 1 aromatic carbocycles. The maximum absolute atomic E-state index is 10.5. The molecule has 0 saturated heterocycles. The van der Waals surface area contributed by atoms with E-state index in [0.717, 1.165) is 0 Å². The van der Waals surface area contributed by atoms with Gasteiger partial charge in [-0.15, -0.1) is 0 Å². The molecule has 0 fully saturated rings. The summed E-state index contributed by atoms with van der Waals surface area (Å²) < 4.78 is 5.17. The minimum absolute atomic E-state index is 0.0708. The Labute approximate surface area is 88.4 Å². The van der Waals surface area contributed by atoms with Crippen LogP contribution in [-0.4, -0.2) is 18.5 Å². The first-order valence-corrected chi connectivity index (χ1v) is 4.49. The number of methoxy groups -OCH3 is 1. The molecule has 1 rings (SSSR count). The summed E-state index contributed by atoms with van der Waals surface area (Å²) in [5.41, 5.74) is 0.333. The van der Waals surface area contributed by atoms with Crippen LogP contribution < -0.4 is 4.74 Å². The molecule has 1 N–H and O–H groups in total. The van der Waals surface area contributed by atoms with E-state index in [0.29, 0.717) is 16.3 Å². The highest BCUT2D eigenvalue weighted by molar-refractivity contribution is 9.10. The third-order valence-electron chi connectivity index (χ3n) is 1.52. The Morgan fingerprint density at radius 2 is 2.31 bits per heavy atom. The summed E-state index contributed by atoms with van der Waals surface area (Å²) in [6, 6.07) is 1.40. The van der Waals surface area contributed by atoms with E-state index in [1.807, 2.05) is 0 Å². The van der Waals surface area contributed by atoms with Gasteiger partial charge in [0.2, 0.25) is 0 Å². The van der Waals surface area contributed by atoms with Gasteiger partial charge in [0.15, 0.2) is 17.8 Å². The molecule has 0 radical (unpaired) electrons. The van der Waals surface area contributed by atoms with Crippen LogP contribution in [0.1, 0.15) is 10.4 Å². The predicted molar refractivity (Wildman–Crippen MR) is 52.8 cm³/mol. The van der Waals surface area contributed by atoms with E-state index in [-0.39, 0.29) is 16.5 Å². The Bertz CT molecular complexity index is 352. The summed E-state index contributed by atoms with van der Waals surface area (Å²) in [7, 11) is 1.38. The Morgan fingerprint density at radius 1 is 1.69 bits per heavy atom. The second kappa shape index (κ2) is 3.98. The molecule has 0 aromatic heterocycles. The molecule has 0 bridgehead atoms. The van der Waals surface area contributed by atoms with Gasteiger partial charge in [0.1, 0.15) is 5.02 Å². The number of ether oxygens (including phenoxy) is 1. The summed E-state index contributed by atoms with van der Waals surface area (Å²) in [5.74, 6) is -0.00283. The number of carbonyl (C=O) groups is 1. The molecule has 0 atom stereocenters. The molecule has 0 saturated carbocycles. The standard InChI is InChI=1S/C8H6BrClO3/c1-13-5-2-4(3-11)6(9)7(10)8(5)12/h2-3,12H,1H3. The summed E-state index contributed by atoms with van der Waals surface area (Å²) >= 11 is 8.79. The molecular weight excluding hydrogens is 259 g/mol. The van der Waals surface area contributed by atoms with Gasteiger partial charge in [0.25, 0.3) is 0 Å². The number of aldehydes is 1. The highest BCUT2D eigenvalue weighted by Crippen LogP contribution is 2.40. The molecule has 0 aliphatic rings.